The Morgan fingerprint density at radius 1 is 1.57 bits per heavy atom. The van der Waals surface area contributed by atoms with Crippen LogP contribution in [0.1, 0.15) is 19.8 Å². The maximum atomic E-state index is 9.31. The zero-order valence-electron chi connectivity index (χ0n) is 8.89. The van der Waals surface area contributed by atoms with E-state index in [1.165, 1.54) is 0 Å². The first-order chi connectivity index (χ1) is 6.67. The van der Waals surface area contributed by atoms with Gasteiger partial charge in [0.05, 0.1) is 12.7 Å². The Kier molecular flexibility index (Phi) is 4.81. The lowest BCUT2D eigenvalue weighted by atomic mass is 9.90. The number of β-amino-alcohol motifs (C(OH)–C–C–N with tert-alkyl or cyclic N) is 1. The van der Waals surface area contributed by atoms with Crippen LogP contribution in [0.15, 0.2) is 0 Å². The number of nitrogens with two attached hydrogens (primary N) is 1. The number of rotatable bonds is 4. The van der Waals surface area contributed by atoms with E-state index in [0.717, 1.165) is 25.9 Å². The van der Waals surface area contributed by atoms with Crippen LogP contribution in [-0.2, 0) is 0 Å². The summed E-state index contributed by atoms with van der Waals surface area (Å²) in [7, 11) is 0. The van der Waals surface area contributed by atoms with Crippen molar-refractivity contribution in [2.24, 2.45) is 11.7 Å². The van der Waals surface area contributed by atoms with Gasteiger partial charge >= 0.3 is 0 Å². The summed E-state index contributed by atoms with van der Waals surface area (Å²) in [5, 5.41) is 18.1. The fourth-order valence-corrected chi connectivity index (χ4v) is 2.08. The third-order valence-corrected chi connectivity index (χ3v) is 3.08. The quantitative estimate of drug-likeness (QED) is 0.569. The molecular formula is C10H22N2O2. The lowest BCUT2D eigenvalue weighted by Crippen LogP contribution is -2.49. The number of piperidine rings is 1. The predicted octanol–water partition coefficient (Wildman–Crippen LogP) is -0.601. The molecule has 3 unspecified atom stereocenters. The minimum Gasteiger partial charge on any atom is -0.394 e. The Morgan fingerprint density at radius 3 is 2.86 bits per heavy atom. The van der Waals surface area contributed by atoms with Crippen molar-refractivity contribution in [3.05, 3.63) is 0 Å². The number of hydrogen-bond acceptors (Lipinski definition) is 4. The van der Waals surface area contributed by atoms with Crippen LogP contribution in [0, 0.1) is 5.92 Å². The fraction of sp³-hybridized carbons (Fsp3) is 1.00. The molecule has 1 aliphatic rings. The number of aliphatic hydroxyl groups excluding tert-OH is 2. The van der Waals surface area contributed by atoms with Gasteiger partial charge in [-0.25, -0.2) is 0 Å². The molecule has 0 radical (unpaired) electrons. The maximum Gasteiger partial charge on any atom is 0.0897 e. The van der Waals surface area contributed by atoms with Crippen LogP contribution in [0.5, 0.6) is 0 Å². The Labute approximate surface area is 85.7 Å². The van der Waals surface area contributed by atoms with Gasteiger partial charge in [-0.1, -0.05) is 13.3 Å². The second-order valence-electron chi connectivity index (χ2n) is 4.22. The van der Waals surface area contributed by atoms with Crippen LogP contribution in [0.3, 0.4) is 0 Å². The Hall–Kier alpha value is -0.160. The molecule has 0 saturated carbocycles. The van der Waals surface area contributed by atoms with Crippen molar-refractivity contribution < 1.29 is 10.2 Å². The molecule has 84 valence electrons. The summed E-state index contributed by atoms with van der Waals surface area (Å²) in [5.74, 6) is 0.537. The topological polar surface area (TPSA) is 69.7 Å². The van der Waals surface area contributed by atoms with Gasteiger partial charge in [-0.15, -0.1) is 0 Å². The zero-order chi connectivity index (χ0) is 10.6. The largest absolute Gasteiger partial charge is 0.394 e. The first kappa shape index (κ1) is 11.9. The number of likely N-dealkylation sites (tertiary alicyclic amines) is 1. The highest BCUT2D eigenvalue weighted by Crippen LogP contribution is 2.18. The van der Waals surface area contributed by atoms with Crippen LogP contribution in [-0.4, -0.2) is 53.5 Å². The van der Waals surface area contributed by atoms with Crippen molar-refractivity contribution in [1.82, 2.24) is 4.90 Å². The molecule has 4 nitrogen and oxygen atoms in total. The number of aliphatic hydroxyl groups is 2. The Morgan fingerprint density at radius 2 is 2.29 bits per heavy atom. The van der Waals surface area contributed by atoms with Gasteiger partial charge < -0.3 is 20.8 Å². The third-order valence-electron chi connectivity index (χ3n) is 3.08. The molecule has 1 saturated heterocycles. The predicted molar refractivity (Wildman–Crippen MR) is 55.9 cm³/mol. The first-order valence-corrected chi connectivity index (χ1v) is 5.44. The summed E-state index contributed by atoms with van der Waals surface area (Å²) < 4.78 is 0. The highest BCUT2D eigenvalue weighted by molar-refractivity contribution is 4.82. The van der Waals surface area contributed by atoms with Crippen molar-refractivity contribution in [2.45, 2.75) is 31.9 Å². The summed E-state index contributed by atoms with van der Waals surface area (Å²) in [6.07, 6.45) is 1.48. The molecule has 0 aliphatic carbocycles. The monoisotopic (exact) mass is 202 g/mol. The average molecular weight is 202 g/mol. The highest BCUT2D eigenvalue weighted by Gasteiger charge is 2.25. The first-order valence-electron chi connectivity index (χ1n) is 5.44. The number of hydrogen-bond donors (Lipinski definition) is 3. The molecular weight excluding hydrogens is 180 g/mol. The molecule has 3 atom stereocenters. The van der Waals surface area contributed by atoms with E-state index in [2.05, 4.69) is 11.8 Å². The molecule has 14 heavy (non-hydrogen) atoms. The van der Waals surface area contributed by atoms with Crippen LogP contribution < -0.4 is 5.73 Å². The molecule has 1 fully saturated rings. The lowest BCUT2D eigenvalue weighted by Gasteiger charge is -2.37. The number of nitrogens with zero attached hydrogens (tertiary/aromatic N) is 1. The van der Waals surface area contributed by atoms with E-state index < -0.39 is 6.10 Å². The van der Waals surface area contributed by atoms with E-state index in [1.54, 1.807) is 0 Å². The van der Waals surface area contributed by atoms with Crippen LogP contribution in [0.4, 0.5) is 0 Å². The van der Waals surface area contributed by atoms with E-state index in [4.69, 9.17) is 10.8 Å². The second kappa shape index (κ2) is 5.66. The van der Waals surface area contributed by atoms with Gasteiger partial charge in [0.2, 0.25) is 0 Å². The zero-order valence-corrected chi connectivity index (χ0v) is 8.89. The highest BCUT2D eigenvalue weighted by atomic mass is 16.3. The van der Waals surface area contributed by atoms with Crippen molar-refractivity contribution in [3.63, 3.8) is 0 Å². The molecule has 1 heterocycles. The summed E-state index contributed by atoms with van der Waals surface area (Å²) >= 11 is 0. The van der Waals surface area contributed by atoms with Crippen molar-refractivity contribution >= 4 is 0 Å². The Bertz CT molecular complexity index is 166. The molecule has 4 N–H and O–H groups in total. The standard InChI is InChI=1S/C10H22N2O2/c1-2-8-5-12(4-3-10(8)11)6-9(14)7-13/h8-10,13-14H,2-7,11H2,1H3. The molecule has 0 aromatic heterocycles. The van der Waals surface area contributed by atoms with Crippen LogP contribution >= 0.6 is 0 Å². The van der Waals surface area contributed by atoms with Gasteiger partial charge in [0, 0.05) is 19.1 Å². The molecule has 0 aromatic carbocycles. The summed E-state index contributed by atoms with van der Waals surface area (Å²) in [4.78, 5) is 2.19. The van der Waals surface area contributed by atoms with Gasteiger partial charge in [-0.05, 0) is 18.9 Å². The summed E-state index contributed by atoms with van der Waals surface area (Å²) in [6.45, 7) is 4.46. The SMILES string of the molecule is CCC1CN(CC(O)CO)CCC1N. The van der Waals surface area contributed by atoms with Gasteiger partial charge in [0.15, 0.2) is 0 Å². The van der Waals surface area contributed by atoms with E-state index >= 15 is 0 Å². The molecule has 0 aromatic rings. The molecule has 4 heteroatoms. The second-order valence-corrected chi connectivity index (χ2v) is 4.22. The maximum absolute atomic E-state index is 9.31. The average Bonchev–Trinajstić information content (AvgIpc) is 2.20. The van der Waals surface area contributed by atoms with Crippen LogP contribution in [0.25, 0.3) is 0 Å². The van der Waals surface area contributed by atoms with E-state index in [1.807, 2.05) is 0 Å². The molecule has 1 rings (SSSR count). The fourth-order valence-electron chi connectivity index (χ4n) is 2.08. The Balaban J connectivity index is 2.34. The minimum atomic E-state index is -0.609. The van der Waals surface area contributed by atoms with Crippen LogP contribution in [0.2, 0.25) is 0 Å². The van der Waals surface area contributed by atoms with Gasteiger partial charge in [0.1, 0.15) is 0 Å². The smallest absolute Gasteiger partial charge is 0.0897 e. The molecule has 1 aliphatic heterocycles. The van der Waals surface area contributed by atoms with Gasteiger partial charge in [0.25, 0.3) is 0 Å². The van der Waals surface area contributed by atoms with Gasteiger partial charge in [-0.2, -0.15) is 0 Å². The minimum absolute atomic E-state index is 0.153. The van der Waals surface area contributed by atoms with E-state index in [-0.39, 0.29) is 6.61 Å². The summed E-state index contributed by atoms with van der Waals surface area (Å²) in [5.41, 5.74) is 5.98. The van der Waals surface area contributed by atoms with Crippen molar-refractivity contribution in [1.29, 1.82) is 0 Å². The summed E-state index contributed by atoms with van der Waals surface area (Å²) in [6, 6.07) is 0.308. The van der Waals surface area contributed by atoms with Crippen molar-refractivity contribution in [2.75, 3.05) is 26.2 Å². The van der Waals surface area contributed by atoms with E-state index in [9.17, 15) is 5.11 Å². The van der Waals surface area contributed by atoms with Gasteiger partial charge in [-0.3, -0.25) is 0 Å². The van der Waals surface area contributed by atoms with E-state index in [0.29, 0.717) is 18.5 Å². The molecule has 0 spiro atoms. The molecule has 0 amide bonds. The lowest BCUT2D eigenvalue weighted by molar-refractivity contribution is 0.0405. The van der Waals surface area contributed by atoms with Crippen molar-refractivity contribution in [3.8, 4) is 0 Å². The third kappa shape index (κ3) is 3.20. The normalized spacial score (nSPS) is 31.7. The molecule has 0 bridgehead atoms.